The van der Waals surface area contributed by atoms with Crippen LogP contribution in [0.4, 0.5) is 15.3 Å². The van der Waals surface area contributed by atoms with Gasteiger partial charge < -0.3 is 25.2 Å². The van der Waals surface area contributed by atoms with Crippen molar-refractivity contribution in [3.8, 4) is 11.1 Å². The Morgan fingerprint density at radius 1 is 0.902 bits per heavy atom. The van der Waals surface area contributed by atoms with Crippen LogP contribution in [0.1, 0.15) is 35.0 Å². The van der Waals surface area contributed by atoms with E-state index in [1.54, 1.807) is 10.7 Å². The van der Waals surface area contributed by atoms with Gasteiger partial charge in [-0.2, -0.15) is 0 Å². The molecule has 3 amide bonds. The number of amides is 3. The molecule has 2 heterocycles. The fourth-order valence-corrected chi connectivity index (χ4v) is 6.14. The van der Waals surface area contributed by atoms with Gasteiger partial charge in [-0.25, -0.2) is 14.3 Å². The number of anilines is 1. The summed E-state index contributed by atoms with van der Waals surface area (Å²) in [6, 6.07) is 33.3. The Bertz CT molecular complexity index is 1920. The van der Waals surface area contributed by atoms with E-state index in [0.29, 0.717) is 30.9 Å². The summed E-state index contributed by atoms with van der Waals surface area (Å²) in [7, 11) is 1.25. The lowest BCUT2D eigenvalue weighted by atomic mass is 10.00. The average molecular weight is 690 g/mol. The molecule has 3 N–H and O–H groups in total. The fourth-order valence-electron chi connectivity index (χ4n) is 6.14. The van der Waals surface area contributed by atoms with Crippen molar-refractivity contribution in [2.75, 3.05) is 25.6 Å². The molecule has 0 spiro atoms. The van der Waals surface area contributed by atoms with Gasteiger partial charge in [-0.3, -0.25) is 9.69 Å². The smallest absolute Gasteiger partial charge is 0.408 e. The van der Waals surface area contributed by atoms with E-state index in [2.05, 4.69) is 26.2 Å². The zero-order valence-electron chi connectivity index (χ0n) is 28.1. The molecule has 51 heavy (non-hydrogen) atoms. The predicted octanol–water partition coefficient (Wildman–Crippen LogP) is 5.35. The number of aromatic nitrogens is 4. The zero-order chi connectivity index (χ0) is 35.6. The summed E-state index contributed by atoms with van der Waals surface area (Å²) in [6.07, 6.45) is -0.957. The molecule has 0 saturated carbocycles. The largest absolute Gasteiger partial charge is 0.465 e. The van der Waals surface area contributed by atoms with E-state index < -0.39 is 36.3 Å². The summed E-state index contributed by atoms with van der Waals surface area (Å²) in [5.41, 5.74) is 5.40. The summed E-state index contributed by atoms with van der Waals surface area (Å²) < 4.78 is 12.6. The van der Waals surface area contributed by atoms with E-state index in [4.69, 9.17) is 9.47 Å². The van der Waals surface area contributed by atoms with Crippen molar-refractivity contribution in [1.82, 2.24) is 30.4 Å². The number of aryl methyl sites for hydroxylation is 1. The van der Waals surface area contributed by atoms with Gasteiger partial charge in [0.15, 0.2) is 5.82 Å². The van der Waals surface area contributed by atoms with Gasteiger partial charge in [0.2, 0.25) is 5.91 Å². The third-order valence-electron chi connectivity index (χ3n) is 8.85. The Balaban J connectivity index is 1.09. The second-order valence-electron chi connectivity index (χ2n) is 12.2. The number of carboxylic acid groups (broad SMARTS) is 1. The number of nitrogens with one attached hydrogen (secondary N) is 2. The predicted molar refractivity (Wildman–Crippen MR) is 189 cm³/mol. The number of morpholine rings is 1. The number of rotatable bonds is 12. The number of benzene rings is 4. The topological polar surface area (TPSA) is 161 Å². The summed E-state index contributed by atoms with van der Waals surface area (Å²) in [5, 5.41) is 27.8. The molecule has 1 saturated heterocycles. The molecule has 13 nitrogen and oxygen atoms in total. The standard InChI is InChI=1S/C38H39N7O6/c1-50-37(47)40-33(22-26-16-18-29(19-17-26)28-12-6-3-7-13-28)36(46)39-32-15-9-8-14-30(32)20-21-31-24-44(38(48)49)34(25-51-31)35-41-42-43-45(35)23-27-10-4-2-5-11-27/h2-19,31,33-34H,20-25H2,1H3,(H,39,46)(H,40,47)(H,48,49)/t31-,33+,34+/m1/s1. The van der Waals surface area contributed by atoms with E-state index in [0.717, 1.165) is 27.8 Å². The normalized spacial score (nSPS) is 16.2. The minimum Gasteiger partial charge on any atom is -0.465 e. The summed E-state index contributed by atoms with van der Waals surface area (Å²) >= 11 is 0. The third-order valence-corrected chi connectivity index (χ3v) is 8.85. The summed E-state index contributed by atoms with van der Waals surface area (Å²) in [4.78, 5) is 39.6. The molecule has 0 radical (unpaired) electrons. The molecule has 1 aliphatic rings. The number of tetrazole rings is 1. The van der Waals surface area contributed by atoms with Gasteiger partial charge in [-0.1, -0.05) is 103 Å². The summed E-state index contributed by atoms with van der Waals surface area (Å²) in [5.74, 6) is 0.0111. The van der Waals surface area contributed by atoms with Crippen molar-refractivity contribution in [1.29, 1.82) is 0 Å². The summed E-state index contributed by atoms with van der Waals surface area (Å²) in [6.45, 7) is 0.619. The number of carbonyl (C=O) groups excluding carboxylic acids is 2. The number of carbonyl (C=O) groups is 3. The number of ether oxygens (including phenoxy) is 2. The van der Waals surface area contributed by atoms with Crippen molar-refractivity contribution >= 4 is 23.8 Å². The van der Waals surface area contributed by atoms with Gasteiger partial charge in [0, 0.05) is 12.1 Å². The van der Waals surface area contributed by atoms with Gasteiger partial charge in [0.1, 0.15) is 12.1 Å². The van der Waals surface area contributed by atoms with E-state index in [1.807, 2.05) is 103 Å². The maximum Gasteiger partial charge on any atom is 0.408 e. The van der Waals surface area contributed by atoms with Gasteiger partial charge in [-0.15, -0.1) is 5.10 Å². The quantitative estimate of drug-likeness (QED) is 0.157. The number of nitrogens with zero attached hydrogens (tertiary/aromatic N) is 5. The van der Waals surface area contributed by atoms with Crippen LogP contribution >= 0.6 is 0 Å². The second kappa shape index (κ2) is 16.5. The highest BCUT2D eigenvalue weighted by Crippen LogP contribution is 2.28. The van der Waals surface area contributed by atoms with Gasteiger partial charge in [0.05, 0.1) is 32.9 Å². The first-order valence-corrected chi connectivity index (χ1v) is 16.7. The van der Waals surface area contributed by atoms with Crippen LogP contribution in [0.2, 0.25) is 0 Å². The van der Waals surface area contributed by atoms with Crippen LogP contribution in [0, 0.1) is 0 Å². The molecule has 262 valence electrons. The first-order valence-electron chi connectivity index (χ1n) is 16.7. The van der Waals surface area contributed by atoms with Crippen LogP contribution in [-0.2, 0) is 33.7 Å². The highest BCUT2D eigenvalue weighted by molar-refractivity contribution is 5.97. The molecule has 3 atom stereocenters. The molecule has 1 aromatic heterocycles. The van der Waals surface area contributed by atoms with Crippen molar-refractivity contribution in [2.24, 2.45) is 0 Å². The number of hydrogen-bond acceptors (Lipinski definition) is 8. The number of hydrogen-bond donors (Lipinski definition) is 3. The van der Waals surface area contributed by atoms with Gasteiger partial charge in [0.25, 0.3) is 0 Å². The van der Waals surface area contributed by atoms with E-state index in [-0.39, 0.29) is 19.6 Å². The molecular weight excluding hydrogens is 650 g/mol. The first-order chi connectivity index (χ1) is 24.9. The van der Waals surface area contributed by atoms with Gasteiger partial charge in [-0.05, 0) is 57.2 Å². The minimum atomic E-state index is -1.09. The van der Waals surface area contributed by atoms with Crippen LogP contribution < -0.4 is 10.6 Å². The van der Waals surface area contributed by atoms with Crippen LogP contribution in [0.3, 0.4) is 0 Å². The number of methoxy groups -OCH3 is 1. The van der Waals surface area contributed by atoms with Crippen LogP contribution in [0.5, 0.6) is 0 Å². The van der Waals surface area contributed by atoms with Crippen LogP contribution in [0.15, 0.2) is 109 Å². The van der Waals surface area contributed by atoms with Gasteiger partial charge >= 0.3 is 12.2 Å². The lowest BCUT2D eigenvalue weighted by molar-refractivity contribution is -0.118. The molecule has 1 aliphatic heterocycles. The molecule has 6 rings (SSSR count). The molecule has 1 fully saturated rings. The second-order valence-corrected chi connectivity index (χ2v) is 12.2. The van der Waals surface area contributed by atoms with E-state index >= 15 is 0 Å². The number of para-hydroxylation sites is 1. The van der Waals surface area contributed by atoms with E-state index in [9.17, 15) is 19.5 Å². The molecule has 4 aromatic carbocycles. The lowest BCUT2D eigenvalue weighted by Gasteiger charge is -2.37. The Labute approximate surface area is 295 Å². The SMILES string of the molecule is COC(=O)N[C@@H](Cc1ccc(-c2ccccc2)cc1)C(=O)Nc1ccccc1CC[C@@H]1CN(C(=O)O)[C@H](c2nnnn2Cc2ccccc2)CO1. The molecule has 0 aliphatic carbocycles. The van der Waals surface area contributed by atoms with Crippen molar-refractivity contribution < 1.29 is 29.0 Å². The highest BCUT2D eigenvalue weighted by Gasteiger charge is 2.36. The van der Waals surface area contributed by atoms with Crippen LogP contribution in [0.25, 0.3) is 11.1 Å². The Morgan fingerprint density at radius 2 is 1.59 bits per heavy atom. The molecular formula is C38H39N7O6. The highest BCUT2D eigenvalue weighted by atomic mass is 16.5. The van der Waals surface area contributed by atoms with Crippen molar-refractivity contribution in [3.05, 3.63) is 132 Å². The molecule has 0 bridgehead atoms. The monoisotopic (exact) mass is 689 g/mol. The maximum absolute atomic E-state index is 13.6. The van der Waals surface area contributed by atoms with Crippen molar-refractivity contribution in [3.63, 3.8) is 0 Å². The maximum atomic E-state index is 13.6. The average Bonchev–Trinajstić information content (AvgIpc) is 3.62. The fraction of sp³-hybridized carbons (Fsp3) is 0.263. The Hall–Kier alpha value is -6.08. The lowest BCUT2D eigenvalue weighted by Crippen LogP contribution is -2.48. The minimum absolute atomic E-state index is 0.0950. The first kappa shape index (κ1) is 34.8. The molecule has 0 unspecified atom stereocenters. The Kier molecular flexibility index (Phi) is 11.3. The van der Waals surface area contributed by atoms with Crippen LogP contribution in [-0.4, -0.2) is 80.7 Å². The molecule has 5 aromatic rings. The van der Waals surface area contributed by atoms with Crippen molar-refractivity contribution in [2.45, 2.75) is 44.0 Å². The number of alkyl carbamates (subject to hydrolysis) is 1. The Morgan fingerprint density at radius 3 is 2.31 bits per heavy atom. The third kappa shape index (κ3) is 8.94. The molecule has 13 heteroatoms. The van der Waals surface area contributed by atoms with E-state index in [1.165, 1.54) is 12.0 Å². The zero-order valence-corrected chi connectivity index (χ0v) is 28.1.